The van der Waals surface area contributed by atoms with Crippen molar-refractivity contribution in [3.05, 3.63) is 95.6 Å². The highest BCUT2D eigenvalue weighted by molar-refractivity contribution is 5.72. The van der Waals surface area contributed by atoms with Gasteiger partial charge in [-0.1, -0.05) is 54.6 Å². The molecular formula is C31H37NO6. The molecule has 3 aromatic rings. The van der Waals surface area contributed by atoms with Gasteiger partial charge in [0.2, 0.25) is 0 Å². The van der Waals surface area contributed by atoms with Crippen molar-refractivity contribution >= 4 is 12.1 Å². The van der Waals surface area contributed by atoms with Crippen LogP contribution in [0.1, 0.15) is 36.5 Å². The van der Waals surface area contributed by atoms with Crippen molar-refractivity contribution in [1.82, 2.24) is 4.90 Å². The van der Waals surface area contributed by atoms with Crippen LogP contribution >= 0.6 is 0 Å². The van der Waals surface area contributed by atoms with Crippen molar-refractivity contribution in [2.45, 2.75) is 45.6 Å². The highest BCUT2D eigenvalue weighted by Gasteiger charge is 2.18. The van der Waals surface area contributed by atoms with Crippen molar-refractivity contribution < 1.29 is 28.9 Å². The minimum Gasteiger partial charge on any atom is -0.492 e. The van der Waals surface area contributed by atoms with Gasteiger partial charge in [0, 0.05) is 19.6 Å². The quantitative estimate of drug-likeness (QED) is 0.251. The molecule has 1 atom stereocenters. The molecule has 0 aromatic heterocycles. The first-order valence-corrected chi connectivity index (χ1v) is 13.1. The van der Waals surface area contributed by atoms with Crippen LogP contribution in [0.2, 0.25) is 0 Å². The molecule has 0 heterocycles. The Hall–Kier alpha value is -3.84. The summed E-state index contributed by atoms with van der Waals surface area (Å²) in [7, 11) is 0. The van der Waals surface area contributed by atoms with Crippen LogP contribution in [0.25, 0.3) is 0 Å². The lowest BCUT2D eigenvalue weighted by molar-refractivity contribution is -0.149. The van der Waals surface area contributed by atoms with Gasteiger partial charge in [0.25, 0.3) is 0 Å². The van der Waals surface area contributed by atoms with E-state index in [4.69, 9.17) is 14.2 Å². The van der Waals surface area contributed by atoms with Gasteiger partial charge in [-0.05, 0) is 74.1 Å². The van der Waals surface area contributed by atoms with Gasteiger partial charge in [0.1, 0.15) is 18.1 Å². The van der Waals surface area contributed by atoms with E-state index in [2.05, 4.69) is 12.1 Å². The first kappa shape index (κ1) is 28.7. The predicted molar refractivity (Wildman–Crippen MR) is 147 cm³/mol. The Bertz CT molecular complexity index is 1130. The van der Waals surface area contributed by atoms with E-state index >= 15 is 0 Å². The zero-order valence-corrected chi connectivity index (χ0v) is 22.2. The Kier molecular flexibility index (Phi) is 11.7. The number of amides is 1. The van der Waals surface area contributed by atoms with Crippen LogP contribution in [0.3, 0.4) is 0 Å². The van der Waals surface area contributed by atoms with Gasteiger partial charge < -0.3 is 24.2 Å². The first-order chi connectivity index (χ1) is 18.4. The number of aliphatic carboxylic acids is 1. The van der Waals surface area contributed by atoms with Gasteiger partial charge in [-0.3, -0.25) is 0 Å². The van der Waals surface area contributed by atoms with Gasteiger partial charge in [-0.2, -0.15) is 0 Å². The van der Waals surface area contributed by atoms with Gasteiger partial charge in [0.05, 0.1) is 6.54 Å². The van der Waals surface area contributed by atoms with Crippen molar-refractivity contribution in [2.75, 3.05) is 26.3 Å². The second-order valence-corrected chi connectivity index (χ2v) is 9.09. The fourth-order valence-electron chi connectivity index (χ4n) is 4.04. The third-order valence-corrected chi connectivity index (χ3v) is 6.06. The fourth-order valence-corrected chi connectivity index (χ4v) is 4.04. The minimum atomic E-state index is -0.978. The lowest BCUT2D eigenvalue weighted by Gasteiger charge is -2.22. The maximum absolute atomic E-state index is 13.0. The molecule has 0 aliphatic rings. The molecule has 0 fully saturated rings. The number of carboxylic acids is 1. The number of aryl methyl sites for hydroxylation is 2. The number of carbonyl (C=O) groups is 2. The van der Waals surface area contributed by atoms with Crippen molar-refractivity contribution in [3.63, 3.8) is 0 Å². The van der Waals surface area contributed by atoms with Crippen LogP contribution in [-0.4, -0.2) is 54.5 Å². The largest absolute Gasteiger partial charge is 0.492 e. The zero-order chi connectivity index (χ0) is 27.2. The van der Waals surface area contributed by atoms with Gasteiger partial charge >= 0.3 is 12.1 Å². The van der Waals surface area contributed by atoms with Gasteiger partial charge in [-0.25, -0.2) is 9.59 Å². The number of carbonyl (C=O) groups excluding carboxylic acids is 1. The number of benzene rings is 3. The monoisotopic (exact) mass is 519 g/mol. The van der Waals surface area contributed by atoms with Crippen LogP contribution in [0, 0.1) is 6.92 Å². The molecule has 202 valence electrons. The zero-order valence-electron chi connectivity index (χ0n) is 22.2. The summed E-state index contributed by atoms with van der Waals surface area (Å²) >= 11 is 0. The van der Waals surface area contributed by atoms with Crippen LogP contribution in [0.4, 0.5) is 4.79 Å². The lowest BCUT2D eigenvalue weighted by atomic mass is 10.1. The second kappa shape index (κ2) is 15.4. The average molecular weight is 520 g/mol. The maximum atomic E-state index is 13.0. The Labute approximate surface area is 225 Å². The molecule has 0 spiro atoms. The summed E-state index contributed by atoms with van der Waals surface area (Å²) in [4.78, 5) is 26.0. The molecule has 0 saturated carbocycles. The highest BCUT2D eigenvalue weighted by atomic mass is 16.6. The summed E-state index contributed by atoms with van der Waals surface area (Å²) in [6.07, 6.45) is 1.77. The molecule has 7 heteroatoms. The number of nitrogens with zero attached hydrogens (tertiary/aromatic N) is 1. The molecule has 0 saturated heterocycles. The molecule has 0 aliphatic carbocycles. The van der Waals surface area contributed by atoms with E-state index in [1.807, 2.05) is 55.5 Å². The Balaban J connectivity index is 1.53. The Morgan fingerprint density at radius 3 is 2.32 bits per heavy atom. The summed E-state index contributed by atoms with van der Waals surface area (Å²) in [6.45, 7) is 5.31. The van der Waals surface area contributed by atoms with E-state index in [9.17, 15) is 14.7 Å². The Morgan fingerprint density at radius 2 is 1.63 bits per heavy atom. The van der Waals surface area contributed by atoms with E-state index in [0.29, 0.717) is 37.8 Å². The van der Waals surface area contributed by atoms with Crippen molar-refractivity contribution in [2.24, 2.45) is 0 Å². The minimum absolute atomic E-state index is 0.283. The summed E-state index contributed by atoms with van der Waals surface area (Å²) < 4.78 is 16.8. The maximum Gasteiger partial charge on any atom is 0.415 e. The highest BCUT2D eigenvalue weighted by Crippen LogP contribution is 2.16. The first-order valence-electron chi connectivity index (χ1n) is 13.1. The smallest absolute Gasteiger partial charge is 0.415 e. The van der Waals surface area contributed by atoms with Crippen LogP contribution in [0.5, 0.6) is 11.5 Å². The molecule has 0 bridgehead atoms. The lowest BCUT2D eigenvalue weighted by Crippen LogP contribution is -2.37. The second-order valence-electron chi connectivity index (χ2n) is 9.09. The molecular weight excluding hydrogens is 482 g/mol. The standard InChI is InChI=1S/C31H37NO6/c1-3-36-29(30(33)34)23-26-15-17-27(18-16-26)37-21-20-32(19-8-7-13-25-11-5-4-6-12-25)31(35)38-28-14-9-10-24(2)22-28/h4-6,9-12,14-18,22,29H,3,7-8,13,19-21,23H2,1-2H3,(H,33,34). The molecule has 3 aromatic carbocycles. The normalized spacial score (nSPS) is 11.5. The number of carboxylic acid groups (broad SMARTS) is 1. The number of unbranched alkanes of at least 4 members (excludes halogenated alkanes) is 1. The molecule has 0 aliphatic heterocycles. The van der Waals surface area contributed by atoms with Crippen molar-refractivity contribution in [3.8, 4) is 11.5 Å². The topological polar surface area (TPSA) is 85.3 Å². The molecule has 38 heavy (non-hydrogen) atoms. The van der Waals surface area contributed by atoms with Gasteiger partial charge in [-0.15, -0.1) is 0 Å². The van der Waals surface area contributed by atoms with Crippen LogP contribution in [0.15, 0.2) is 78.9 Å². The Morgan fingerprint density at radius 1 is 0.868 bits per heavy atom. The molecule has 7 nitrogen and oxygen atoms in total. The van der Waals surface area contributed by atoms with E-state index in [1.54, 1.807) is 30.0 Å². The fraction of sp³-hybridized carbons (Fsp3) is 0.355. The van der Waals surface area contributed by atoms with Crippen LogP contribution in [-0.2, 0) is 22.4 Å². The summed E-state index contributed by atoms with van der Waals surface area (Å²) in [5.74, 6) is 0.189. The third kappa shape index (κ3) is 9.90. The number of ether oxygens (including phenoxy) is 3. The molecule has 1 N–H and O–H groups in total. The number of hydrogen-bond donors (Lipinski definition) is 1. The number of hydrogen-bond acceptors (Lipinski definition) is 5. The molecule has 1 amide bonds. The average Bonchev–Trinajstić information content (AvgIpc) is 2.91. The van der Waals surface area contributed by atoms with E-state index in [-0.39, 0.29) is 6.42 Å². The molecule has 1 unspecified atom stereocenters. The predicted octanol–water partition coefficient (Wildman–Crippen LogP) is 5.93. The summed E-state index contributed by atoms with van der Waals surface area (Å²) in [5, 5.41) is 9.28. The molecule has 0 radical (unpaired) electrons. The van der Waals surface area contributed by atoms with Gasteiger partial charge in [0.15, 0.2) is 6.10 Å². The third-order valence-electron chi connectivity index (χ3n) is 6.06. The van der Waals surface area contributed by atoms with E-state index in [1.165, 1.54) is 5.56 Å². The number of rotatable bonds is 15. The van der Waals surface area contributed by atoms with E-state index < -0.39 is 18.2 Å². The summed E-state index contributed by atoms with van der Waals surface area (Å²) in [6, 6.07) is 25.0. The van der Waals surface area contributed by atoms with E-state index in [0.717, 1.165) is 30.4 Å². The summed E-state index contributed by atoms with van der Waals surface area (Å²) in [5.41, 5.74) is 3.15. The SMILES string of the molecule is CCOC(Cc1ccc(OCCN(CCCCc2ccccc2)C(=O)Oc2cccc(C)c2)cc1)C(=O)O. The van der Waals surface area contributed by atoms with Crippen molar-refractivity contribution in [1.29, 1.82) is 0 Å². The molecule has 3 rings (SSSR count). The van der Waals surface area contributed by atoms with Crippen LogP contribution < -0.4 is 9.47 Å².